The molecule has 0 fully saturated rings. The molecule has 1 heterocycles. The summed E-state index contributed by atoms with van der Waals surface area (Å²) >= 11 is 0. The van der Waals surface area contributed by atoms with E-state index in [-0.39, 0.29) is 16.7 Å². The lowest BCUT2D eigenvalue weighted by molar-refractivity contribution is -0.141. The molecule has 0 radical (unpaired) electrons. The fourth-order valence-corrected chi connectivity index (χ4v) is 2.66. The van der Waals surface area contributed by atoms with Gasteiger partial charge in [-0.1, -0.05) is 11.6 Å². The minimum atomic E-state index is -4.80. The van der Waals surface area contributed by atoms with E-state index in [0.29, 0.717) is 12.1 Å². The van der Waals surface area contributed by atoms with E-state index < -0.39 is 41.7 Å². The van der Waals surface area contributed by atoms with Crippen molar-refractivity contribution in [3.8, 4) is 6.07 Å². The summed E-state index contributed by atoms with van der Waals surface area (Å²) in [7, 11) is 0. The Kier molecular flexibility index (Phi) is 6.01. The van der Waals surface area contributed by atoms with E-state index in [9.17, 15) is 41.8 Å². The lowest BCUT2D eigenvalue weighted by Crippen LogP contribution is -2.21. The first-order valence-electron chi connectivity index (χ1n) is 7.82. The van der Waals surface area contributed by atoms with Crippen molar-refractivity contribution in [3.63, 3.8) is 0 Å². The quantitative estimate of drug-likeness (QED) is 0.744. The highest BCUT2D eigenvalue weighted by Crippen LogP contribution is 2.37. The maximum Gasteiger partial charge on any atom is 0.433 e. The first-order valence-corrected chi connectivity index (χ1v) is 7.82. The maximum absolute atomic E-state index is 13.0. The fraction of sp³-hybridized carbons (Fsp3) is 0.333. The van der Waals surface area contributed by atoms with Gasteiger partial charge in [0.1, 0.15) is 11.6 Å². The molecule has 3 atom stereocenters. The number of pyridine rings is 1. The molecule has 0 aliphatic rings. The number of nitriles is 1. The molecule has 4 nitrogen and oxygen atoms in total. The monoisotopic (exact) mass is 404 g/mol. The number of hydrogen-bond acceptors (Lipinski definition) is 4. The van der Waals surface area contributed by atoms with Gasteiger partial charge >= 0.3 is 12.4 Å². The number of nitrogens with zero attached hydrogens (tertiary/aromatic N) is 2. The summed E-state index contributed by atoms with van der Waals surface area (Å²) in [6.07, 6.45) is -12.5. The summed E-state index contributed by atoms with van der Waals surface area (Å²) in [4.78, 5) is 3.12. The minimum Gasteiger partial charge on any atom is -0.387 e. The second kappa shape index (κ2) is 7.77. The van der Waals surface area contributed by atoms with Crippen molar-refractivity contribution in [1.82, 2.24) is 4.98 Å². The van der Waals surface area contributed by atoms with Crippen LogP contribution in [0.5, 0.6) is 0 Å². The van der Waals surface area contributed by atoms with Crippen LogP contribution in [-0.2, 0) is 12.4 Å². The van der Waals surface area contributed by atoms with Gasteiger partial charge in [-0.3, -0.25) is 4.98 Å². The topological polar surface area (TPSA) is 77.1 Å². The predicted octanol–water partition coefficient (Wildman–Crippen LogP) is 4.33. The lowest BCUT2D eigenvalue weighted by Gasteiger charge is -2.24. The molecule has 1 aromatic heterocycles. The van der Waals surface area contributed by atoms with Gasteiger partial charge in [0.05, 0.1) is 23.8 Å². The Morgan fingerprint density at radius 2 is 1.54 bits per heavy atom. The number of aromatic nitrogens is 1. The molecule has 2 rings (SSSR count). The molecule has 3 unspecified atom stereocenters. The van der Waals surface area contributed by atoms with E-state index in [0.717, 1.165) is 18.3 Å². The molecular weight excluding hydrogens is 390 g/mol. The van der Waals surface area contributed by atoms with Crippen LogP contribution in [0, 0.1) is 24.2 Å². The van der Waals surface area contributed by atoms with E-state index in [1.165, 1.54) is 13.0 Å². The summed E-state index contributed by atoms with van der Waals surface area (Å²) in [5.41, 5.74) is -2.86. The number of rotatable bonds is 4. The van der Waals surface area contributed by atoms with Crippen LogP contribution in [0.15, 0.2) is 36.5 Å². The SMILES string of the molecule is Cc1cc(C(O)C(C#N)C(O)c2ccnc(C(F)(F)F)c2)cc(C(F)(F)F)c1. The third-order valence-electron chi connectivity index (χ3n) is 4.01. The van der Waals surface area contributed by atoms with Gasteiger partial charge < -0.3 is 10.2 Å². The molecule has 28 heavy (non-hydrogen) atoms. The number of benzene rings is 1. The van der Waals surface area contributed by atoms with Crippen LogP contribution in [0.25, 0.3) is 0 Å². The molecule has 0 amide bonds. The molecule has 2 aromatic rings. The number of aryl methyl sites for hydroxylation is 1. The Bertz CT molecular complexity index is 889. The predicted molar refractivity (Wildman–Crippen MR) is 84.4 cm³/mol. The van der Waals surface area contributed by atoms with E-state index >= 15 is 0 Å². The van der Waals surface area contributed by atoms with Gasteiger partial charge in [-0.2, -0.15) is 31.6 Å². The van der Waals surface area contributed by atoms with Crippen molar-refractivity contribution in [2.75, 3.05) is 0 Å². The zero-order valence-corrected chi connectivity index (χ0v) is 14.3. The number of alkyl halides is 6. The number of hydrogen-bond donors (Lipinski definition) is 2. The zero-order chi connectivity index (χ0) is 21.3. The van der Waals surface area contributed by atoms with Gasteiger partial charge in [0.2, 0.25) is 0 Å². The van der Waals surface area contributed by atoms with Gasteiger partial charge in [0.25, 0.3) is 0 Å². The van der Waals surface area contributed by atoms with Gasteiger partial charge in [-0.05, 0) is 42.3 Å². The summed E-state index contributed by atoms with van der Waals surface area (Å²) in [5.74, 6) is -1.72. The first kappa shape index (κ1) is 21.7. The van der Waals surface area contributed by atoms with Gasteiger partial charge in [-0.15, -0.1) is 0 Å². The van der Waals surface area contributed by atoms with Crippen molar-refractivity contribution in [3.05, 3.63) is 64.5 Å². The Labute approximate surface area is 155 Å². The average molecular weight is 404 g/mol. The third-order valence-corrected chi connectivity index (χ3v) is 4.01. The fourth-order valence-electron chi connectivity index (χ4n) is 2.66. The van der Waals surface area contributed by atoms with Crippen LogP contribution < -0.4 is 0 Å². The van der Waals surface area contributed by atoms with Crippen LogP contribution >= 0.6 is 0 Å². The van der Waals surface area contributed by atoms with E-state index in [4.69, 9.17) is 0 Å². The molecule has 1 aromatic carbocycles. The van der Waals surface area contributed by atoms with Crippen molar-refractivity contribution in [2.24, 2.45) is 5.92 Å². The standard InChI is InChI=1S/C18H14F6N2O2/c1-9-4-11(6-12(5-9)17(19,20)21)16(28)13(8-25)15(27)10-2-3-26-14(7-10)18(22,23)24/h2-7,13,15-16,27-28H,1H3. The number of aliphatic hydroxyl groups is 2. The van der Waals surface area contributed by atoms with Crippen molar-refractivity contribution >= 4 is 0 Å². The molecule has 0 saturated carbocycles. The molecular formula is C18H14F6N2O2. The van der Waals surface area contributed by atoms with Crippen LogP contribution in [0.2, 0.25) is 0 Å². The van der Waals surface area contributed by atoms with Crippen molar-refractivity contribution in [1.29, 1.82) is 5.26 Å². The normalized spacial score (nSPS) is 15.6. The van der Waals surface area contributed by atoms with E-state index in [1.807, 2.05) is 0 Å². The Hall–Kier alpha value is -2.64. The van der Waals surface area contributed by atoms with Crippen LogP contribution in [0.3, 0.4) is 0 Å². The molecule has 0 bridgehead atoms. The van der Waals surface area contributed by atoms with E-state index in [1.54, 1.807) is 6.07 Å². The number of aliphatic hydroxyl groups excluding tert-OH is 2. The maximum atomic E-state index is 13.0. The van der Waals surface area contributed by atoms with Crippen LogP contribution in [0.4, 0.5) is 26.3 Å². The highest BCUT2D eigenvalue weighted by molar-refractivity contribution is 5.34. The lowest BCUT2D eigenvalue weighted by atomic mass is 9.87. The molecule has 0 saturated heterocycles. The van der Waals surface area contributed by atoms with Gasteiger partial charge in [0.15, 0.2) is 0 Å². The Morgan fingerprint density at radius 1 is 0.929 bits per heavy atom. The molecule has 0 aliphatic carbocycles. The summed E-state index contributed by atoms with van der Waals surface area (Å²) in [5, 5.41) is 30.0. The Morgan fingerprint density at radius 3 is 2.07 bits per heavy atom. The first-order chi connectivity index (χ1) is 12.8. The Balaban J connectivity index is 2.40. The average Bonchev–Trinajstić information content (AvgIpc) is 2.60. The minimum absolute atomic E-state index is 0.151. The van der Waals surface area contributed by atoms with Gasteiger partial charge in [-0.25, -0.2) is 0 Å². The second-order valence-corrected chi connectivity index (χ2v) is 6.15. The van der Waals surface area contributed by atoms with E-state index in [2.05, 4.69) is 4.98 Å². The molecule has 150 valence electrons. The number of halogens is 6. The van der Waals surface area contributed by atoms with Crippen LogP contribution in [0.1, 0.15) is 40.2 Å². The summed E-state index contributed by atoms with van der Waals surface area (Å²) in [6.45, 7) is 1.35. The smallest absolute Gasteiger partial charge is 0.387 e. The molecule has 0 aliphatic heterocycles. The molecule has 0 spiro atoms. The highest BCUT2D eigenvalue weighted by atomic mass is 19.4. The summed E-state index contributed by atoms with van der Waals surface area (Å²) in [6, 6.07) is 5.75. The van der Waals surface area contributed by atoms with Crippen molar-refractivity contribution in [2.45, 2.75) is 31.5 Å². The largest absolute Gasteiger partial charge is 0.433 e. The van der Waals surface area contributed by atoms with Crippen molar-refractivity contribution < 1.29 is 36.6 Å². The zero-order valence-electron chi connectivity index (χ0n) is 14.3. The third kappa shape index (κ3) is 4.79. The summed E-state index contributed by atoms with van der Waals surface area (Å²) < 4.78 is 77.2. The van der Waals surface area contributed by atoms with Crippen LogP contribution in [-0.4, -0.2) is 15.2 Å². The molecule has 2 N–H and O–H groups in total. The molecule has 10 heteroatoms. The second-order valence-electron chi connectivity index (χ2n) is 6.15. The van der Waals surface area contributed by atoms with Gasteiger partial charge in [0, 0.05) is 6.20 Å². The highest BCUT2D eigenvalue weighted by Gasteiger charge is 2.36.